The Kier molecular flexibility index (Phi) is 4.83. The number of rotatable bonds is 3. The molecule has 1 N–H and O–H groups in total. The Morgan fingerprint density at radius 1 is 1.09 bits per heavy atom. The molecule has 0 radical (unpaired) electrons. The van der Waals surface area contributed by atoms with Gasteiger partial charge in [0, 0.05) is 47.7 Å². The second-order valence-electron chi connectivity index (χ2n) is 9.32. The molecule has 32 heavy (non-hydrogen) atoms. The van der Waals surface area contributed by atoms with Gasteiger partial charge in [0.25, 0.3) is 0 Å². The first kappa shape index (κ1) is 19.7. The van der Waals surface area contributed by atoms with Gasteiger partial charge in [0.05, 0.1) is 12.6 Å². The van der Waals surface area contributed by atoms with Crippen LogP contribution in [0.3, 0.4) is 0 Å². The number of para-hydroxylation sites is 1. The first-order valence-electron chi connectivity index (χ1n) is 11.7. The van der Waals surface area contributed by atoms with Crippen LogP contribution in [0.4, 0.5) is 4.79 Å². The lowest BCUT2D eigenvalue weighted by Crippen LogP contribution is -2.52. The number of alkyl carbamates (subject to hydrolysis) is 1. The summed E-state index contributed by atoms with van der Waals surface area (Å²) in [6.07, 6.45) is 2.73. The molecule has 166 valence electrons. The molecule has 0 saturated carbocycles. The minimum absolute atomic E-state index is 0.0191. The summed E-state index contributed by atoms with van der Waals surface area (Å²) in [7, 11) is 2.09. The van der Waals surface area contributed by atoms with Crippen LogP contribution in [0.2, 0.25) is 0 Å². The second kappa shape index (κ2) is 7.85. The molecule has 4 aliphatic heterocycles. The van der Waals surface area contributed by atoms with Crippen molar-refractivity contribution < 1.29 is 14.3 Å². The molecule has 3 fully saturated rings. The first-order valence-corrected chi connectivity index (χ1v) is 11.7. The summed E-state index contributed by atoms with van der Waals surface area (Å²) in [5.74, 6) is 1.35. The van der Waals surface area contributed by atoms with Gasteiger partial charge in [-0.05, 0) is 50.0 Å². The smallest absolute Gasteiger partial charge is 0.407 e. The monoisotopic (exact) mass is 431 g/mol. The zero-order chi connectivity index (χ0) is 21.7. The van der Waals surface area contributed by atoms with Crippen molar-refractivity contribution >= 4 is 17.0 Å². The minimum Gasteiger partial charge on any atom is -0.493 e. The number of carbonyl (C=O) groups is 1. The van der Waals surface area contributed by atoms with E-state index >= 15 is 0 Å². The lowest BCUT2D eigenvalue weighted by molar-refractivity contribution is -0.0342. The van der Waals surface area contributed by atoms with E-state index in [1.165, 1.54) is 10.9 Å². The molecule has 1 aromatic heterocycles. The van der Waals surface area contributed by atoms with Crippen molar-refractivity contribution in [3.63, 3.8) is 0 Å². The van der Waals surface area contributed by atoms with Crippen LogP contribution in [0.25, 0.3) is 22.2 Å². The van der Waals surface area contributed by atoms with Gasteiger partial charge in [0.1, 0.15) is 11.9 Å². The van der Waals surface area contributed by atoms with E-state index in [2.05, 4.69) is 70.4 Å². The van der Waals surface area contributed by atoms with E-state index in [1.807, 2.05) is 0 Å². The Hall–Kier alpha value is -2.99. The highest BCUT2D eigenvalue weighted by molar-refractivity contribution is 5.87. The fourth-order valence-corrected chi connectivity index (χ4v) is 5.62. The fraction of sp³-hybridized carbons (Fsp3) is 0.423. The second-order valence-corrected chi connectivity index (χ2v) is 9.32. The van der Waals surface area contributed by atoms with E-state index in [0.717, 1.165) is 61.5 Å². The van der Waals surface area contributed by atoms with E-state index < -0.39 is 0 Å². The molecular weight excluding hydrogens is 402 g/mol. The van der Waals surface area contributed by atoms with Crippen LogP contribution in [-0.4, -0.2) is 47.9 Å². The maximum Gasteiger partial charge on any atom is 0.407 e. The molecule has 1 amide bonds. The van der Waals surface area contributed by atoms with E-state index in [-0.39, 0.29) is 18.2 Å². The third-order valence-electron chi connectivity index (χ3n) is 7.45. The highest BCUT2D eigenvalue weighted by atomic mass is 16.6. The number of ether oxygens (including phenoxy) is 2. The standard InChI is InChI=1S/C26H29N3O3/c1-28-22-5-3-2-4-18(22)14-23(28)19-6-7-20-21(10-13-31-24(20)15-19)27-26(30)32-25-16-29-11-8-17(25)9-12-29/h2-7,14-15,17,21,25H,8-13,16H2,1H3,(H,27,30)/t21?,25-/m1/s1. The van der Waals surface area contributed by atoms with E-state index in [1.54, 1.807) is 0 Å². The molecule has 2 bridgehead atoms. The number of hydrogen-bond donors (Lipinski definition) is 1. The number of hydrogen-bond acceptors (Lipinski definition) is 4. The van der Waals surface area contributed by atoms with E-state index in [0.29, 0.717) is 12.5 Å². The normalized spacial score (nSPS) is 26.4. The zero-order valence-electron chi connectivity index (χ0n) is 18.4. The molecule has 3 aromatic rings. The summed E-state index contributed by atoms with van der Waals surface area (Å²) in [4.78, 5) is 15.1. The molecule has 0 spiro atoms. The molecule has 3 saturated heterocycles. The van der Waals surface area contributed by atoms with Crippen LogP contribution in [0.15, 0.2) is 48.5 Å². The average Bonchev–Trinajstić information content (AvgIpc) is 3.16. The van der Waals surface area contributed by atoms with Gasteiger partial charge in [0.15, 0.2) is 0 Å². The Bertz CT molecular complexity index is 1160. The van der Waals surface area contributed by atoms with Crippen molar-refractivity contribution in [2.24, 2.45) is 13.0 Å². The Labute approximate surface area is 188 Å². The van der Waals surface area contributed by atoms with Crippen LogP contribution in [-0.2, 0) is 11.8 Å². The number of nitrogens with one attached hydrogen (secondary N) is 1. The van der Waals surface area contributed by atoms with Crippen molar-refractivity contribution in [3.8, 4) is 17.0 Å². The summed E-state index contributed by atoms with van der Waals surface area (Å²) in [5.41, 5.74) is 4.48. The molecule has 6 nitrogen and oxygen atoms in total. The summed E-state index contributed by atoms with van der Waals surface area (Å²) in [6.45, 7) is 3.73. The van der Waals surface area contributed by atoms with Crippen LogP contribution >= 0.6 is 0 Å². The summed E-state index contributed by atoms with van der Waals surface area (Å²) < 4.78 is 14.1. The number of carbonyl (C=O) groups excluding carboxylic acids is 1. The lowest BCUT2D eigenvalue weighted by atomic mass is 9.86. The highest BCUT2D eigenvalue weighted by Crippen LogP contribution is 2.37. The van der Waals surface area contributed by atoms with Gasteiger partial charge >= 0.3 is 6.09 Å². The number of amides is 1. The number of fused-ring (bicyclic) bond motifs is 5. The molecule has 2 aromatic carbocycles. The molecule has 2 atom stereocenters. The molecular formula is C26H29N3O3. The quantitative estimate of drug-likeness (QED) is 0.664. The van der Waals surface area contributed by atoms with Crippen molar-refractivity contribution in [1.82, 2.24) is 14.8 Å². The lowest BCUT2D eigenvalue weighted by Gasteiger charge is -2.44. The van der Waals surface area contributed by atoms with Crippen LogP contribution < -0.4 is 10.1 Å². The molecule has 1 unspecified atom stereocenters. The predicted molar refractivity (Wildman–Crippen MR) is 124 cm³/mol. The molecule has 5 heterocycles. The molecule has 7 rings (SSSR count). The van der Waals surface area contributed by atoms with Gasteiger partial charge in [-0.1, -0.05) is 30.3 Å². The Morgan fingerprint density at radius 2 is 1.94 bits per heavy atom. The molecule has 4 aliphatic rings. The third-order valence-corrected chi connectivity index (χ3v) is 7.45. The Morgan fingerprint density at radius 3 is 2.72 bits per heavy atom. The summed E-state index contributed by atoms with van der Waals surface area (Å²) in [6, 6.07) is 16.8. The van der Waals surface area contributed by atoms with E-state index in [9.17, 15) is 4.79 Å². The van der Waals surface area contributed by atoms with Crippen LogP contribution in [0.5, 0.6) is 5.75 Å². The van der Waals surface area contributed by atoms with Crippen LogP contribution in [0.1, 0.15) is 30.9 Å². The molecule has 6 heteroatoms. The predicted octanol–water partition coefficient (Wildman–Crippen LogP) is 4.49. The topological polar surface area (TPSA) is 55.7 Å². The zero-order valence-corrected chi connectivity index (χ0v) is 18.4. The van der Waals surface area contributed by atoms with Gasteiger partial charge < -0.3 is 19.4 Å². The minimum atomic E-state index is -0.306. The van der Waals surface area contributed by atoms with Gasteiger partial charge in [-0.25, -0.2) is 4.79 Å². The van der Waals surface area contributed by atoms with Crippen molar-refractivity contribution in [2.75, 3.05) is 26.2 Å². The van der Waals surface area contributed by atoms with Gasteiger partial charge in [-0.3, -0.25) is 4.90 Å². The van der Waals surface area contributed by atoms with E-state index in [4.69, 9.17) is 9.47 Å². The number of nitrogens with zero attached hydrogens (tertiary/aromatic N) is 2. The summed E-state index contributed by atoms with van der Waals surface area (Å²) >= 11 is 0. The third kappa shape index (κ3) is 3.43. The van der Waals surface area contributed by atoms with Crippen LogP contribution in [0, 0.1) is 5.92 Å². The van der Waals surface area contributed by atoms with Gasteiger partial charge in [-0.15, -0.1) is 0 Å². The maximum atomic E-state index is 12.7. The number of aryl methyl sites for hydroxylation is 1. The Balaban J connectivity index is 1.20. The van der Waals surface area contributed by atoms with Crippen molar-refractivity contribution in [2.45, 2.75) is 31.4 Å². The number of piperidine rings is 3. The highest BCUT2D eigenvalue weighted by Gasteiger charge is 2.37. The summed E-state index contributed by atoms with van der Waals surface area (Å²) in [5, 5.41) is 4.33. The van der Waals surface area contributed by atoms with Gasteiger partial charge in [-0.2, -0.15) is 0 Å². The number of aromatic nitrogens is 1. The van der Waals surface area contributed by atoms with Gasteiger partial charge in [0.2, 0.25) is 0 Å². The average molecular weight is 432 g/mol. The first-order chi connectivity index (χ1) is 15.7. The SMILES string of the molecule is Cn1c(-c2ccc3c(c2)OCCC3NC(=O)O[C@@H]2CN3CCC2CC3)cc2ccccc21. The number of benzene rings is 2. The van der Waals surface area contributed by atoms with Crippen molar-refractivity contribution in [3.05, 3.63) is 54.1 Å². The van der Waals surface area contributed by atoms with Crippen molar-refractivity contribution in [1.29, 1.82) is 0 Å². The fourth-order valence-electron chi connectivity index (χ4n) is 5.62. The maximum absolute atomic E-state index is 12.7. The largest absolute Gasteiger partial charge is 0.493 e. The molecule has 0 aliphatic carbocycles.